The maximum atomic E-state index is 12.5. The van der Waals surface area contributed by atoms with Gasteiger partial charge in [-0.05, 0) is 6.42 Å². The molecule has 0 aliphatic carbocycles. The number of hydrogen-bond donors (Lipinski definition) is 0. The molecule has 0 N–H and O–H groups in total. The highest BCUT2D eigenvalue weighted by Crippen LogP contribution is 2.25. The minimum absolute atomic E-state index is 0.00255. The maximum Gasteiger partial charge on any atom is 0.301 e. The van der Waals surface area contributed by atoms with Gasteiger partial charge >= 0.3 is 6.08 Å². The molecule has 1 rings (SSSR count). The van der Waals surface area contributed by atoms with Crippen molar-refractivity contribution < 1.29 is 21.6 Å². The molecule has 0 amide bonds. The Morgan fingerprint density at radius 3 is 2.76 bits per heavy atom. The molecular weight excluding hydrogens is 295 g/mol. The van der Waals surface area contributed by atoms with Crippen LogP contribution in [0.25, 0.3) is 0 Å². The predicted molar refractivity (Wildman–Crippen MR) is 65.7 cm³/mol. The van der Waals surface area contributed by atoms with Gasteiger partial charge in [0.25, 0.3) is 10.0 Å². The fourth-order valence-corrected chi connectivity index (χ4v) is 4.84. The van der Waals surface area contributed by atoms with Gasteiger partial charge in [-0.15, -0.1) is 4.40 Å². The van der Waals surface area contributed by atoms with Crippen LogP contribution in [0.4, 0.5) is 13.2 Å². The van der Waals surface area contributed by atoms with E-state index in [2.05, 4.69) is 4.40 Å². The molecule has 3 nitrogen and oxygen atoms in total. The smallest absolute Gasteiger partial charge is 0.206 e. The van der Waals surface area contributed by atoms with Gasteiger partial charge in [0.15, 0.2) is 5.83 Å². The van der Waals surface area contributed by atoms with Crippen molar-refractivity contribution in [1.29, 1.82) is 0 Å². The lowest BCUT2D eigenvalue weighted by Gasteiger charge is -2.01. The summed E-state index contributed by atoms with van der Waals surface area (Å²) in [5.74, 6) is -0.803. The summed E-state index contributed by atoms with van der Waals surface area (Å²) in [6.07, 6.45) is -2.24. The van der Waals surface area contributed by atoms with Crippen LogP contribution < -0.4 is 0 Å². The molecule has 0 aromatic carbocycles. The van der Waals surface area contributed by atoms with E-state index < -0.39 is 28.4 Å². The van der Waals surface area contributed by atoms with Gasteiger partial charge in [-0.25, -0.2) is 12.8 Å². The van der Waals surface area contributed by atoms with Crippen molar-refractivity contribution in [3.05, 3.63) is 11.9 Å². The monoisotopic (exact) mass is 305 g/mol. The van der Waals surface area contributed by atoms with E-state index >= 15 is 0 Å². The molecule has 0 bridgehead atoms. The molecule has 0 radical (unpaired) electrons. The lowest BCUT2D eigenvalue weighted by Crippen LogP contribution is -2.01. The van der Waals surface area contributed by atoms with Crippen LogP contribution in [0.15, 0.2) is 16.3 Å². The molecule has 0 fully saturated rings. The zero-order chi connectivity index (χ0) is 12.9. The summed E-state index contributed by atoms with van der Waals surface area (Å²) in [6, 6.07) is 0. The lowest BCUT2D eigenvalue weighted by atomic mass is 10.4. The highest BCUT2D eigenvalue weighted by atomic mass is 32.2. The first-order valence-corrected chi connectivity index (χ1v) is 8.26. The summed E-state index contributed by atoms with van der Waals surface area (Å²) < 4.78 is 62.3. The van der Waals surface area contributed by atoms with Crippen molar-refractivity contribution >= 4 is 37.9 Å². The summed E-state index contributed by atoms with van der Waals surface area (Å²) in [4.78, 5) is 0. The van der Waals surface area contributed by atoms with E-state index in [1.165, 1.54) is 11.8 Å². The summed E-state index contributed by atoms with van der Waals surface area (Å²) >= 11 is 2.24. The summed E-state index contributed by atoms with van der Waals surface area (Å²) in [5, 5.41) is 0. The third kappa shape index (κ3) is 5.82. The van der Waals surface area contributed by atoms with Gasteiger partial charge in [-0.2, -0.15) is 8.78 Å². The van der Waals surface area contributed by atoms with E-state index in [0.29, 0.717) is 16.5 Å². The van der Waals surface area contributed by atoms with Crippen molar-refractivity contribution in [2.24, 2.45) is 4.40 Å². The van der Waals surface area contributed by atoms with Gasteiger partial charge in [0.05, 0.1) is 5.75 Å². The number of halogens is 3. The molecule has 0 unspecified atom stereocenters. The Hall–Kier alpha value is -0.150. The van der Waals surface area contributed by atoms with Crippen LogP contribution in [0, 0.1) is 0 Å². The maximum absolute atomic E-state index is 12.5. The molecule has 0 aromatic rings. The first-order chi connectivity index (χ1) is 7.91. The van der Waals surface area contributed by atoms with Crippen LogP contribution in [0.2, 0.25) is 0 Å². The largest absolute Gasteiger partial charge is 0.301 e. The highest BCUT2D eigenvalue weighted by Gasteiger charge is 2.16. The van der Waals surface area contributed by atoms with E-state index in [-0.39, 0.29) is 11.5 Å². The van der Waals surface area contributed by atoms with E-state index in [4.69, 9.17) is 0 Å². The van der Waals surface area contributed by atoms with Gasteiger partial charge in [0, 0.05) is 17.9 Å². The number of rotatable bonds is 3. The molecule has 17 heavy (non-hydrogen) atoms. The zero-order valence-corrected chi connectivity index (χ0v) is 11.1. The molecule has 98 valence electrons. The van der Waals surface area contributed by atoms with Crippen LogP contribution in [0.1, 0.15) is 12.8 Å². The molecule has 1 aliphatic heterocycles. The Bertz CT molecular complexity index is 429. The summed E-state index contributed by atoms with van der Waals surface area (Å²) in [6.45, 7) is 0. The zero-order valence-electron chi connectivity index (χ0n) is 8.66. The first kappa shape index (κ1) is 14.9. The lowest BCUT2D eigenvalue weighted by molar-refractivity contribution is 0.373. The number of hydrogen-bond acceptors (Lipinski definition) is 4. The second-order valence-electron chi connectivity index (χ2n) is 3.11. The molecule has 0 saturated carbocycles. The van der Waals surface area contributed by atoms with Crippen molar-refractivity contribution in [1.82, 2.24) is 0 Å². The van der Waals surface area contributed by atoms with E-state index in [1.807, 2.05) is 0 Å². The van der Waals surface area contributed by atoms with Gasteiger partial charge in [0.1, 0.15) is 4.38 Å². The molecule has 1 aliphatic rings. The molecule has 0 spiro atoms. The normalized spacial score (nSPS) is 19.4. The van der Waals surface area contributed by atoms with Crippen LogP contribution >= 0.6 is 23.5 Å². The molecule has 9 heteroatoms. The van der Waals surface area contributed by atoms with Crippen molar-refractivity contribution in [3.8, 4) is 0 Å². The van der Waals surface area contributed by atoms with E-state index in [0.717, 1.165) is 11.8 Å². The van der Waals surface area contributed by atoms with E-state index in [1.54, 1.807) is 0 Å². The number of sulfonamides is 1. The van der Waals surface area contributed by atoms with Crippen LogP contribution in [-0.2, 0) is 10.0 Å². The van der Waals surface area contributed by atoms with Gasteiger partial charge in [-0.1, -0.05) is 23.5 Å². The predicted octanol–water partition coefficient (Wildman–Crippen LogP) is 3.01. The van der Waals surface area contributed by atoms with Gasteiger partial charge < -0.3 is 0 Å². The first-order valence-electron chi connectivity index (χ1n) is 4.68. The fraction of sp³-hybridized carbons (Fsp3) is 0.625. The number of allylic oxidation sites excluding steroid dienone is 1. The minimum Gasteiger partial charge on any atom is -0.206 e. The number of thioether (sulfide) groups is 2. The Balaban J connectivity index is 2.51. The second-order valence-corrected chi connectivity index (χ2v) is 7.29. The van der Waals surface area contributed by atoms with Crippen LogP contribution in [-0.4, -0.2) is 30.1 Å². The molecule has 0 atom stereocenters. The Morgan fingerprint density at radius 2 is 2.12 bits per heavy atom. The Kier molecular flexibility index (Phi) is 5.87. The summed E-state index contributed by atoms with van der Waals surface area (Å²) in [5.41, 5.74) is 0. The van der Waals surface area contributed by atoms with Crippen molar-refractivity contribution in [2.75, 3.05) is 17.3 Å². The second kappa shape index (κ2) is 6.69. The third-order valence-electron chi connectivity index (χ3n) is 1.74. The van der Waals surface area contributed by atoms with Crippen molar-refractivity contribution in [2.45, 2.75) is 12.8 Å². The Morgan fingerprint density at radius 1 is 1.41 bits per heavy atom. The molecule has 1 heterocycles. The topological polar surface area (TPSA) is 46.5 Å². The van der Waals surface area contributed by atoms with Crippen LogP contribution in [0.3, 0.4) is 0 Å². The standard InChI is InChI=1S/C8H10F3NO2S3/c9-6(7(10)11)2-4-16-8-12-17(13,14)5-1-3-15-8/h1-5H2. The molecular formula is C8H10F3NO2S3. The third-order valence-corrected chi connectivity index (χ3v) is 5.52. The quantitative estimate of drug-likeness (QED) is 0.804. The van der Waals surface area contributed by atoms with Crippen LogP contribution in [0.5, 0.6) is 0 Å². The molecule has 0 saturated heterocycles. The number of nitrogens with zero attached hydrogens (tertiary/aromatic N) is 1. The van der Waals surface area contributed by atoms with Gasteiger partial charge in [0.2, 0.25) is 0 Å². The SMILES string of the molecule is O=S1(=O)CCCSC(SCCC(F)=C(F)F)=N1. The Labute approximate surface area is 106 Å². The molecule has 0 aromatic heterocycles. The van der Waals surface area contributed by atoms with Gasteiger partial charge in [-0.3, -0.25) is 0 Å². The highest BCUT2D eigenvalue weighted by molar-refractivity contribution is 8.39. The van der Waals surface area contributed by atoms with Crippen molar-refractivity contribution in [3.63, 3.8) is 0 Å². The van der Waals surface area contributed by atoms with E-state index in [9.17, 15) is 21.6 Å². The minimum atomic E-state index is -3.44. The average Bonchev–Trinajstić information content (AvgIpc) is 2.38. The summed E-state index contributed by atoms with van der Waals surface area (Å²) in [7, 11) is -3.44. The average molecular weight is 305 g/mol. The fourth-order valence-electron chi connectivity index (χ4n) is 0.977.